The summed E-state index contributed by atoms with van der Waals surface area (Å²) in [4.78, 5) is 0. The van der Waals surface area contributed by atoms with Crippen LogP contribution in [0.25, 0.3) is 98.6 Å². The van der Waals surface area contributed by atoms with Gasteiger partial charge in [0.25, 0.3) is 0 Å². The van der Waals surface area contributed by atoms with Crippen LogP contribution in [0.15, 0.2) is 167 Å². The summed E-state index contributed by atoms with van der Waals surface area (Å²) >= 11 is 0. The van der Waals surface area contributed by atoms with Crippen molar-refractivity contribution in [2.24, 2.45) is 0 Å². The van der Waals surface area contributed by atoms with Gasteiger partial charge in [-0.15, -0.1) is 0 Å². The summed E-state index contributed by atoms with van der Waals surface area (Å²) in [6, 6.07) is 54.3. The van der Waals surface area contributed by atoms with Gasteiger partial charge in [0.05, 0.1) is 6.26 Å². The lowest BCUT2D eigenvalue weighted by molar-refractivity contribution is 0.614. The first-order valence-corrected chi connectivity index (χ1v) is 15.7. The number of benzene rings is 8. The predicted molar refractivity (Wildman–Crippen MR) is 192 cm³/mol. The van der Waals surface area contributed by atoms with E-state index in [2.05, 4.69) is 140 Å². The molecule has 2 nitrogen and oxygen atoms in total. The zero-order valence-corrected chi connectivity index (χ0v) is 24.8. The molecule has 0 atom stereocenters. The molecule has 2 heterocycles. The van der Waals surface area contributed by atoms with Gasteiger partial charge in [0.1, 0.15) is 16.7 Å². The maximum atomic E-state index is 6.54. The fourth-order valence-electron chi connectivity index (χ4n) is 7.39. The van der Waals surface area contributed by atoms with Crippen LogP contribution in [-0.2, 0) is 0 Å². The molecule has 0 unspecified atom stereocenters. The van der Waals surface area contributed by atoms with Gasteiger partial charge in [0.15, 0.2) is 0 Å². The molecular formula is C44H26O2. The Labute approximate surface area is 264 Å². The molecule has 214 valence electrons. The van der Waals surface area contributed by atoms with E-state index in [4.69, 9.17) is 8.83 Å². The molecule has 0 bridgehead atoms. The molecule has 0 aliphatic carbocycles. The molecular weight excluding hydrogens is 560 g/mol. The summed E-state index contributed by atoms with van der Waals surface area (Å²) in [6.45, 7) is 0. The minimum absolute atomic E-state index is 0.826. The maximum absolute atomic E-state index is 6.54. The van der Waals surface area contributed by atoms with E-state index in [1.807, 2.05) is 18.4 Å². The summed E-state index contributed by atoms with van der Waals surface area (Å²) in [6.07, 6.45) is 1.84. The van der Waals surface area contributed by atoms with E-state index in [0.29, 0.717) is 0 Å². The molecule has 2 heteroatoms. The lowest BCUT2D eigenvalue weighted by Crippen LogP contribution is -1.91. The van der Waals surface area contributed by atoms with E-state index in [-0.39, 0.29) is 0 Å². The van der Waals surface area contributed by atoms with Crippen LogP contribution < -0.4 is 0 Å². The monoisotopic (exact) mass is 586 g/mol. The molecule has 10 aromatic rings. The first-order valence-electron chi connectivity index (χ1n) is 15.7. The van der Waals surface area contributed by atoms with E-state index in [1.54, 1.807) is 0 Å². The Balaban J connectivity index is 1.21. The number of rotatable bonds is 3. The molecule has 0 amide bonds. The summed E-state index contributed by atoms with van der Waals surface area (Å²) in [5, 5.41) is 10.7. The largest absolute Gasteiger partial charge is 0.464 e. The second-order valence-corrected chi connectivity index (χ2v) is 12.1. The van der Waals surface area contributed by atoms with Crippen LogP contribution in [-0.4, -0.2) is 0 Å². The zero-order chi connectivity index (χ0) is 30.2. The molecule has 0 spiro atoms. The van der Waals surface area contributed by atoms with Gasteiger partial charge in [0.2, 0.25) is 0 Å². The highest BCUT2D eigenvalue weighted by Gasteiger charge is 2.19. The molecule has 8 aromatic carbocycles. The topological polar surface area (TPSA) is 26.3 Å². The van der Waals surface area contributed by atoms with E-state index in [9.17, 15) is 0 Å². The van der Waals surface area contributed by atoms with Crippen molar-refractivity contribution < 1.29 is 8.83 Å². The average molecular weight is 587 g/mol. The average Bonchev–Trinajstić information content (AvgIpc) is 3.69. The van der Waals surface area contributed by atoms with Crippen molar-refractivity contribution >= 4 is 65.2 Å². The van der Waals surface area contributed by atoms with E-state index in [0.717, 1.165) is 49.6 Å². The summed E-state index contributed by atoms with van der Waals surface area (Å²) < 4.78 is 12.5. The number of fused-ring (bicyclic) bond motifs is 7. The highest BCUT2D eigenvalue weighted by molar-refractivity contribution is 6.22. The minimum Gasteiger partial charge on any atom is -0.464 e. The van der Waals surface area contributed by atoms with E-state index in [1.165, 1.54) is 49.0 Å². The smallest absolute Gasteiger partial charge is 0.139 e. The van der Waals surface area contributed by atoms with Gasteiger partial charge in [-0.2, -0.15) is 0 Å². The lowest BCUT2D eigenvalue weighted by atomic mass is 9.85. The van der Waals surface area contributed by atoms with Gasteiger partial charge in [-0.1, -0.05) is 121 Å². The predicted octanol–water partition coefficient (Wildman–Crippen LogP) is 12.8. The Morgan fingerprint density at radius 1 is 0.326 bits per heavy atom. The van der Waals surface area contributed by atoms with Gasteiger partial charge < -0.3 is 8.83 Å². The maximum Gasteiger partial charge on any atom is 0.139 e. The van der Waals surface area contributed by atoms with Crippen LogP contribution >= 0.6 is 0 Å². The molecule has 0 saturated heterocycles. The Morgan fingerprint density at radius 2 is 0.913 bits per heavy atom. The van der Waals surface area contributed by atoms with Crippen LogP contribution in [0.4, 0.5) is 0 Å². The molecule has 2 aromatic heterocycles. The van der Waals surface area contributed by atoms with Gasteiger partial charge in [-0.3, -0.25) is 0 Å². The highest BCUT2D eigenvalue weighted by Crippen LogP contribution is 2.45. The van der Waals surface area contributed by atoms with Crippen molar-refractivity contribution in [3.05, 3.63) is 158 Å². The normalized spacial score (nSPS) is 11.9. The fraction of sp³-hybridized carbons (Fsp3) is 0. The SMILES string of the molecule is c1ccc(-c2coc3cc4oc5cc(-c6c7ccccc7c(-c7ccc8ccccc8c7)c7ccccc67)ccc5c4cc23)cc1. The van der Waals surface area contributed by atoms with Gasteiger partial charge in [0, 0.05) is 27.8 Å². The standard InChI is InChI=1S/C44H26O2/c1-2-11-28(12-3-1)39-26-45-40-25-42-37(24-38(39)40)32-21-20-31(23-41(32)46-42)44-35-16-8-6-14-33(35)43(34-15-7-9-17-36(34)44)30-19-18-27-10-4-5-13-29(27)22-30/h1-26H. The number of furan rings is 2. The quantitative estimate of drug-likeness (QED) is 0.193. The third kappa shape index (κ3) is 3.71. The van der Waals surface area contributed by atoms with Gasteiger partial charge in [-0.05, 0) is 84.4 Å². The molecule has 0 aliphatic rings. The fourth-order valence-corrected chi connectivity index (χ4v) is 7.39. The van der Waals surface area contributed by atoms with Crippen molar-refractivity contribution in [3.8, 4) is 33.4 Å². The first-order chi connectivity index (χ1) is 22.8. The Morgan fingerprint density at radius 3 is 1.63 bits per heavy atom. The van der Waals surface area contributed by atoms with Crippen LogP contribution in [0, 0.1) is 0 Å². The van der Waals surface area contributed by atoms with Crippen LogP contribution in [0.3, 0.4) is 0 Å². The van der Waals surface area contributed by atoms with Crippen molar-refractivity contribution in [2.75, 3.05) is 0 Å². The molecule has 0 saturated carbocycles. The second-order valence-electron chi connectivity index (χ2n) is 12.1. The second kappa shape index (κ2) is 9.69. The minimum atomic E-state index is 0.826. The van der Waals surface area contributed by atoms with Gasteiger partial charge in [-0.25, -0.2) is 0 Å². The highest BCUT2D eigenvalue weighted by atomic mass is 16.3. The lowest BCUT2D eigenvalue weighted by Gasteiger charge is -2.18. The first kappa shape index (κ1) is 25.2. The van der Waals surface area contributed by atoms with Crippen LogP contribution in [0.5, 0.6) is 0 Å². The molecule has 0 aliphatic heterocycles. The summed E-state index contributed by atoms with van der Waals surface area (Å²) in [5.41, 5.74) is 9.60. The van der Waals surface area contributed by atoms with Crippen molar-refractivity contribution in [3.63, 3.8) is 0 Å². The summed E-state index contributed by atoms with van der Waals surface area (Å²) in [5.74, 6) is 0. The third-order valence-electron chi connectivity index (χ3n) is 9.51. The molecule has 0 fully saturated rings. The molecule has 0 radical (unpaired) electrons. The Bertz CT molecular complexity index is 2740. The van der Waals surface area contributed by atoms with Crippen molar-refractivity contribution in [1.82, 2.24) is 0 Å². The third-order valence-corrected chi connectivity index (χ3v) is 9.51. The van der Waals surface area contributed by atoms with Gasteiger partial charge >= 0.3 is 0 Å². The van der Waals surface area contributed by atoms with E-state index >= 15 is 0 Å². The number of hydrogen-bond acceptors (Lipinski definition) is 2. The number of hydrogen-bond donors (Lipinski definition) is 0. The molecule has 46 heavy (non-hydrogen) atoms. The molecule has 0 N–H and O–H groups in total. The zero-order valence-electron chi connectivity index (χ0n) is 24.8. The van der Waals surface area contributed by atoms with E-state index < -0.39 is 0 Å². The van der Waals surface area contributed by atoms with Crippen LogP contribution in [0.2, 0.25) is 0 Å². The Kier molecular flexibility index (Phi) is 5.31. The van der Waals surface area contributed by atoms with Crippen molar-refractivity contribution in [2.45, 2.75) is 0 Å². The molecule has 10 rings (SSSR count). The van der Waals surface area contributed by atoms with Crippen molar-refractivity contribution in [1.29, 1.82) is 0 Å². The summed E-state index contributed by atoms with van der Waals surface area (Å²) in [7, 11) is 0. The Hall–Kier alpha value is -6.12. The van der Waals surface area contributed by atoms with Crippen LogP contribution in [0.1, 0.15) is 0 Å².